The summed E-state index contributed by atoms with van der Waals surface area (Å²) < 4.78 is 55.9. The van der Waals surface area contributed by atoms with Gasteiger partial charge in [-0.05, 0) is 92.2 Å². The zero-order chi connectivity index (χ0) is 27.5. The van der Waals surface area contributed by atoms with Gasteiger partial charge in [0.05, 0.1) is 15.5 Å². The second-order valence-electron chi connectivity index (χ2n) is 8.54. The van der Waals surface area contributed by atoms with E-state index in [1.165, 1.54) is 42.5 Å². The molecule has 0 bridgehead atoms. The van der Waals surface area contributed by atoms with E-state index < -0.39 is 26.0 Å². The third-order valence-corrected chi connectivity index (χ3v) is 8.62. The van der Waals surface area contributed by atoms with Crippen molar-refractivity contribution in [3.8, 4) is 0 Å². The van der Waals surface area contributed by atoms with Crippen LogP contribution >= 0.6 is 11.6 Å². The predicted molar refractivity (Wildman–Crippen MR) is 150 cm³/mol. The number of benzene rings is 4. The van der Waals surface area contributed by atoms with Crippen LogP contribution in [0.15, 0.2) is 101 Å². The van der Waals surface area contributed by atoms with E-state index in [0.717, 1.165) is 5.56 Å². The Morgan fingerprint density at radius 2 is 1.18 bits per heavy atom. The van der Waals surface area contributed by atoms with Crippen LogP contribution in [-0.2, 0) is 20.0 Å². The van der Waals surface area contributed by atoms with E-state index in [4.69, 9.17) is 11.6 Å². The number of hydrogen-bond donors (Lipinski definition) is 3. The van der Waals surface area contributed by atoms with Gasteiger partial charge in [-0.1, -0.05) is 35.4 Å². The number of rotatable bonds is 8. The highest BCUT2D eigenvalue weighted by molar-refractivity contribution is 7.93. The first-order valence-corrected chi connectivity index (χ1v) is 14.7. The zero-order valence-corrected chi connectivity index (χ0v) is 22.8. The first-order chi connectivity index (χ1) is 17.9. The molecule has 1 amide bonds. The maximum absolute atomic E-state index is 12.9. The number of sulfonamides is 2. The summed E-state index contributed by atoms with van der Waals surface area (Å²) in [5, 5.41) is 3.18. The molecule has 0 heterocycles. The Labute approximate surface area is 226 Å². The Kier molecular flexibility index (Phi) is 7.77. The molecule has 0 unspecified atom stereocenters. The zero-order valence-electron chi connectivity index (χ0n) is 20.4. The van der Waals surface area contributed by atoms with Crippen LogP contribution in [0.2, 0.25) is 5.02 Å². The first kappa shape index (κ1) is 27.2. The molecule has 4 aromatic rings. The van der Waals surface area contributed by atoms with E-state index in [1.807, 2.05) is 6.92 Å². The van der Waals surface area contributed by atoms with Gasteiger partial charge in [0.25, 0.3) is 26.0 Å². The van der Waals surface area contributed by atoms with Crippen LogP contribution in [0.25, 0.3) is 0 Å². The lowest BCUT2D eigenvalue weighted by Gasteiger charge is -2.13. The lowest BCUT2D eigenvalue weighted by Crippen LogP contribution is -2.16. The molecule has 0 saturated heterocycles. The lowest BCUT2D eigenvalue weighted by atomic mass is 10.1. The molecule has 0 aliphatic heterocycles. The predicted octanol–water partition coefficient (Wildman–Crippen LogP) is 5.81. The van der Waals surface area contributed by atoms with Gasteiger partial charge in [-0.2, -0.15) is 0 Å². The highest BCUT2D eigenvalue weighted by Gasteiger charge is 2.18. The maximum atomic E-state index is 12.9. The minimum Gasteiger partial charge on any atom is -0.322 e. The standard InChI is InChI=1S/C27H24ClN3O5S2/c1-18-3-13-24(14-4-18)38(35,36)31-26-17-20(6-5-19(26)2)27(32)29-22-11-15-25(16-12-22)37(33,34)30-23-9-7-21(28)8-10-23/h3-17,30-31H,1-2H3,(H,29,32). The van der Waals surface area contributed by atoms with Crippen molar-refractivity contribution in [1.82, 2.24) is 0 Å². The second kappa shape index (κ2) is 10.9. The highest BCUT2D eigenvalue weighted by atomic mass is 35.5. The summed E-state index contributed by atoms with van der Waals surface area (Å²) in [6.45, 7) is 3.59. The largest absolute Gasteiger partial charge is 0.322 e. The Hall–Kier alpha value is -3.86. The van der Waals surface area contributed by atoms with Crippen molar-refractivity contribution in [1.29, 1.82) is 0 Å². The van der Waals surface area contributed by atoms with Crippen LogP contribution in [0.5, 0.6) is 0 Å². The average molecular weight is 570 g/mol. The number of hydrogen-bond acceptors (Lipinski definition) is 5. The molecule has 0 aliphatic carbocycles. The van der Waals surface area contributed by atoms with Gasteiger partial charge in [0.15, 0.2) is 0 Å². The van der Waals surface area contributed by atoms with Gasteiger partial charge in [0.1, 0.15) is 0 Å². The minimum atomic E-state index is -3.85. The minimum absolute atomic E-state index is 0.00795. The fourth-order valence-corrected chi connectivity index (χ4v) is 5.75. The average Bonchev–Trinajstić information content (AvgIpc) is 2.87. The van der Waals surface area contributed by atoms with E-state index in [9.17, 15) is 21.6 Å². The molecule has 0 aromatic heterocycles. The molecule has 196 valence electrons. The molecule has 0 aliphatic rings. The summed E-state index contributed by atoms with van der Waals surface area (Å²) in [5.74, 6) is -0.490. The molecule has 11 heteroatoms. The number of amides is 1. The van der Waals surface area contributed by atoms with E-state index in [2.05, 4.69) is 14.8 Å². The maximum Gasteiger partial charge on any atom is 0.261 e. The second-order valence-corrected chi connectivity index (χ2v) is 12.3. The first-order valence-electron chi connectivity index (χ1n) is 11.3. The fraction of sp³-hybridized carbons (Fsp3) is 0.0741. The Bertz CT molecular complexity index is 1690. The molecule has 8 nitrogen and oxygen atoms in total. The van der Waals surface area contributed by atoms with Crippen molar-refractivity contribution in [3.05, 3.63) is 113 Å². The SMILES string of the molecule is Cc1ccc(S(=O)(=O)Nc2cc(C(=O)Nc3ccc(S(=O)(=O)Nc4ccc(Cl)cc4)cc3)ccc2C)cc1. The summed E-state index contributed by atoms with van der Waals surface area (Å²) in [7, 11) is -7.70. The molecular formula is C27H24ClN3O5S2. The molecule has 0 fully saturated rings. The van der Waals surface area contributed by atoms with Crippen LogP contribution in [0, 0.1) is 13.8 Å². The van der Waals surface area contributed by atoms with Crippen LogP contribution in [0.3, 0.4) is 0 Å². The van der Waals surface area contributed by atoms with Crippen molar-refractivity contribution in [2.24, 2.45) is 0 Å². The van der Waals surface area contributed by atoms with Crippen LogP contribution in [0.1, 0.15) is 21.5 Å². The smallest absolute Gasteiger partial charge is 0.261 e. The molecule has 38 heavy (non-hydrogen) atoms. The Morgan fingerprint density at radius 3 is 1.79 bits per heavy atom. The van der Waals surface area contributed by atoms with Gasteiger partial charge in [-0.3, -0.25) is 14.2 Å². The molecule has 0 atom stereocenters. The van der Waals surface area contributed by atoms with Gasteiger partial charge in [-0.25, -0.2) is 16.8 Å². The Balaban J connectivity index is 1.47. The third kappa shape index (κ3) is 6.52. The van der Waals surface area contributed by atoms with Crippen molar-refractivity contribution in [2.75, 3.05) is 14.8 Å². The molecular weight excluding hydrogens is 546 g/mol. The molecule has 0 saturated carbocycles. The van der Waals surface area contributed by atoms with E-state index in [-0.39, 0.29) is 21.0 Å². The number of halogens is 1. The van der Waals surface area contributed by atoms with E-state index in [1.54, 1.807) is 55.5 Å². The summed E-state index contributed by atoms with van der Waals surface area (Å²) >= 11 is 5.84. The molecule has 4 aromatic carbocycles. The topological polar surface area (TPSA) is 121 Å². The Morgan fingerprint density at radius 1 is 0.658 bits per heavy atom. The van der Waals surface area contributed by atoms with Gasteiger partial charge in [0.2, 0.25) is 0 Å². The van der Waals surface area contributed by atoms with Gasteiger partial charge < -0.3 is 5.32 Å². The van der Waals surface area contributed by atoms with Crippen LogP contribution in [-0.4, -0.2) is 22.7 Å². The molecule has 4 rings (SSSR count). The summed E-state index contributed by atoms with van der Waals surface area (Å²) in [6.07, 6.45) is 0. The van der Waals surface area contributed by atoms with E-state index >= 15 is 0 Å². The van der Waals surface area contributed by atoms with Crippen molar-refractivity contribution < 1.29 is 21.6 Å². The van der Waals surface area contributed by atoms with Crippen molar-refractivity contribution in [3.63, 3.8) is 0 Å². The van der Waals surface area contributed by atoms with Crippen molar-refractivity contribution in [2.45, 2.75) is 23.6 Å². The summed E-state index contributed by atoms with van der Waals surface area (Å²) in [6, 6.07) is 23.0. The van der Waals surface area contributed by atoms with Crippen LogP contribution < -0.4 is 14.8 Å². The van der Waals surface area contributed by atoms with Gasteiger partial charge >= 0.3 is 0 Å². The fourth-order valence-electron chi connectivity index (χ4n) is 3.45. The normalized spacial score (nSPS) is 11.6. The number of carbonyl (C=O) groups is 1. The number of carbonyl (C=O) groups excluding carboxylic acids is 1. The number of nitrogens with one attached hydrogen (secondary N) is 3. The summed E-state index contributed by atoms with van der Waals surface area (Å²) in [4.78, 5) is 13.0. The number of aryl methyl sites for hydroxylation is 2. The third-order valence-electron chi connectivity index (χ3n) is 5.59. The van der Waals surface area contributed by atoms with Gasteiger partial charge in [0, 0.05) is 22.0 Å². The quantitative estimate of drug-likeness (QED) is 0.247. The number of anilines is 3. The summed E-state index contributed by atoms with van der Waals surface area (Å²) in [5.41, 5.74) is 2.79. The molecule has 0 spiro atoms. The van der Waals surface area contributed by atoms with Crippen molar-refractivity contribution >= 4 is 54.6 Å². The van der Waals surface area contributed by atoms with Gasteiger partial charge in [-0.15, -0.1) is 0 Å². The lowest BCUT2D eigenvalue weighted by molar-refractivity contribution is 0.102. The molecule has 0 radical (unpaired) electrons. The monoisotopic (exact) mass is 569 g/mol. The highest BCUT2D eigenvalue weighted by Crippen LogP contribution is 2.23. The van der Waals surface area contributed by atoms with Crippen LogP contribution in [0.4, 0.5) is 17.1 Å². The molecule has 3 N–H and O–H groups in total. The van der Waals surface area contributed by atoms with E-state index in [0.29, 0.717) is 22.0 Å².